The van der Waals surface area contributed by atoms with Crippen molar-refractivity contribution in [2.45, 2.75) is 37.7 Å². The number of aliphatic hydroxyl groups is 1. The number of sulfone groups is 1. The summed E-state index contributed by atoms with van der Waals surface area (Å²) >= 11 is 0. The highest BCUT2D eigenvalue weighted by Crippen LogP contribution is 2.19. The maximum absolute atomic E-state index is 11.3. The van der Waals surface area contributed by atoms with Crippen LogP contribution in [-0.4, -0.2) is 43.2 Å². The minimum Gasteiger partial charge on any atom is -0.392 e. The summed E-state index contributed by atoms with van der Waals surface area (Å²) in [5.41, 5.74) is 0. The highest BCUT2D eigenvalue weighted by molar-refractivity contribution is 7.92. The standard InChI is InChI=1S/C8H17NO3S/c1-6(10)5-9-8-3-4-13(11,12)7(8)2/h6-10H,3-5H2,1-2H3. The van der Waals surface area contributed by atoms with Crippen LogP contribution in [-0.2, 0) is 9.84 Å². The summed E-state index contributed by atoms with van der Waals surface area (Å²) in [5, 5.41) is 11.8. The van der Waals surface area contributed by atoms with Crippen molar-refractivity contribution in [2.75, 3.05) is 12.3 Å². The molecule has 1 saturated heterocycles. The summed E-state index contributed by atoms with van der Waals surface area (Å²) in [7, 11) is -2.87. The van der Waals surface area contributed by atoms with Gasteiger partial charge in [0.1, 0.15) is 0 Å². The predicted octanol–water partition coefficient (Wildman–Crippen LogP) is -0.468. The van der Waals surface area contributed by atoms with Gasteiger partial charge in [0, 0.05) is 12.6 Å². The zero-order chi connectivity index (χ0) is 10.1. The van der Waals surface area contributed by atoms with Crippen LogP contribution >= 0.6 is 0 Å². The van der Waals surface area contributed by atoms with E-state index in [9.17, 15) is 8.42 Å². The van der Waals surface area contributed by atoms with Crippen molar-refractivity contribution >= 4 is 9.84 Å². The Kier molecular flexibility index (Phi) is 3.32. The fraction of sp³-hybridized carbons (Fsp3) is 1.00. The highest BCUT2D eigenvalue weighted by Gasteiger charge is 2.36. The van der Waals surface area contributed by atoms with Gasteiger partial charge in [-0.15, -0.1) is 0 Å². The molecule has 0 saturated carbocycles. The van der Waals surface area contributed by atoms with Crippen molar-refractivity contribution in [1.29, 1.82) is 0 Å². The van der Waals surface area contributed by atoms with Crippen molar-refractivity contribution in [3.63, 3.8) is 0 Å². The summed E-state index contributed by atoms with van der Waals surface area (Å²) < 4.78 is 22.6. The molecule has 1 rings (SSSR count). The topological polar surface area (TPSA) is 66.4 Å². The van der Waals surface area contributed by atoms with Gasteiger partial charge in [-0.3, -0.25) is 0 Å². The zero-order valence-corrected chi connectivity index (χ0v) is 8.84. The van der Waals surface area contributed by atoms with Crippen molar-refractivity contribution in [3.05, 3.63) is 0 Å². The quantitative estimate of drug-likeness (QED) is 0.657. The smallest absolute Gasteiger partial charge is 0.154 e. The molecule has 2 N–H and O–H groups in total. The van der Waals surface area contributed by atoms with Gasteiger partial charge in [0.05, 0.1) is 17.1 Å². The van der Waals surface area contributed by atoms with E-state index in [1.54, 1.807) is 13.8 Å². The molecule has 0 amide bonds. The van der Waals surface area contributed by atoms with E-state index < -0.39 is 15.9 Å². The molecular weight excluding hydrogens is 190 g/mol. The van der Waals surface area contributed by atoms with E-state index >= 15 is 0 Å². The van der Waals surface area contributed by atoms with E-state index in [1.807, 2.05) is 0 Å². The number of aliphatic hydroxyl groups excluding tert-OH is 1. The van der Waals surface area contributed by atoms with Crippen LogP contribution in [0, 0.1) is 0 Å². The van der Waals surface area contributed by atoms with Gasteiger partial charge in [-0.2, -0.15) is 0 Å². The summed E-state index contributed by atoms with van der Waals surface area (Å²) in [6.45, 7) is 3.87. The monoisotopic (exact) mass is 207 g/mol. The van der Waals surface area contributed by atoms with Crippen LogP contribution in [0.25, 0.3) is 0 Å². The summed E-state index contributed by atoms with van der Waals surface area (Å²) in [6.07, 6.45) is 0.242. The Labute approximate surface area is 79.3 Å². The Morgan fingerprint density at radius 3 is 2.62 bits per heavy atom. The maximum Gasteiger partial charge on any atom is 0.154 e. The van der Waals surface area contributed by atoms with Crippen LogP contribution in [0.15, 0.2) is 0 Å². The Morgan fingerprint density at radius 2 is 2.23 bits per heavy atom. The van der Waals surface area contributed by atoms with Crippen molar-refractivity contribution in [3.8, 4) is 0 Å². The molecule has 1 aliphatic heterocycles. The molecule has 0 aliphatic carbocycles. The van der Waals surface area contributed by atoms with Gasteiger partial charge in [0.15, 0.2) is 9.84 Å². The molecule has 0 radical (unpaired) electrons. The van der Waals surface area contributed by atoms with Gasteiger partial charge in [-0.25, -0.2) is 8.42 Å². The van der Waals surface area contributed by atoms with Crippen molar-refractivity contribution in [1.82, 2.24) is 5.32 Å². The number of rotatable bonds is 3. The van der Waals surface area contributed by atoms with Gasteiger partial charge in [-0.05, 0) is 20.3 Å². The van der Waals surface area contributed by atoms with Gasteiger partial charge in [0.2, 0.25) is 0 Å². The van der Waals surface area contributed by atoms with Crippen molar-refractivity contribution < 1.29 is 13.5 Å². The molecule has 0 bridgehead atoms. The zero-order valence-electron chi connectivity index (χ0n) is 8.03. The van der Waals surface area contributed by atoms with Crippen LogP contribution in [0.5, 0.6) is 0 Å². The molecule has 4 nitrogen and oxygen atoms in total. The second-order valence-electron chi connectivity index (χ2n) is 3.72. The molecule has 1 heterocycles. The van der Waals surface area contributed by atoms with E-state index in [2.05, 4.69) is 5.32 Å². The molecule has 0 aromatic heterocycles. The number of nitrogens with one attached hydrogen (secondary N) is 1. The lowest BCUT2D eigenvalue weighted by Gasteiger charge is -2.16. The van der Waals surface area contributed by atoms with E-state index in [1.165, 1.54) is 0 Å². The number of hydrogen-bond acceptors (Lipinski definition) is 4. The Morgan fingerprint density at radius 1 is 1.62 bits per heavy atom. The second-order valence-corrected chi connectivity index (χ2v) is 6.20. The third kappa shape index (κ3) is 2.65. The van der Waals surface area contributed by atoms with Crippen molar-refractivity contribution in [2.24, 2.45) is 0 Å². The SMILES string of the molecule is CC(O)CNC1CCS(=O)(=O)C1C. The molecule has 78 valence electrons. The molecule has 1 aliphatic rings. The highest BCUT2D eigenvalue weighted by atomic mass is 32.2. The minimum absolute atomic E-state index is 0.0135. The average Bonchev–Trinajstić information content (AvgIpc) is 2.25. The van der Waals surface area contributed by atoms with E-state index in [-0.39, 0.29) is 17.0 Å². The average molecular weight is 207 g/mol. The molecule has 3 atom stereocenters. The molecule has 13 heavy (non-hydrogen) atoms. The van der Waals surface area contributed by atoms with E-state index in [0.29, 0.717) is 13.0 Å². The minimum atomic E-state index is -2.87. The molecule has 3 unspecified atom stereocenters. The molecule has 0 aromatic rings. The Balaban J connectivity index is 2.47. The first-order chi connectivity index (χ1) is 5.93. The first kappa shape index (κ1) is 10.9. The first-order valence-corrected chi connectivity index (χ1v) is 6.28. The lowest BCUT2D eigenvalue weighted by atomic mass is 10.1. The van der Waals surface area contributed by atoms with Gasteiger partial charge in [0.25, 0.3) is 0 Å². The first-order valence-electron chi connectivity index (χ1n) is 4.56. The fourth-order valence-electron chi connectivity index (χ4n) is 1.55. The normalized spacial score (nSPS) is 34.7. The van der Waals surface area contributed by atoms with Crippen LogP contribution in [0.3, 0.4) is 0 Å². The van der Waals surface area contributed by atoms with Crippen LogP contribution < -0.4 is 5.32 Å². The predicted molar refractivity (Wildman–Crippen MR) is 51.3 cm³/mol. The van der Waals surface area contributed by atoms with Crippen LogP contribution in [0.4, 0.5) is 0 Å². The Hall–Kier alpha value is -0.130. The molecule has 1 fully saturated rings. The largest absolute Gasteiger partial charge is 0.392 e. The Bertz CT molecular complexity index is 261. The third-order valence-electron chi connectivity index (χ3n) is 2.52. The van der Waals surface area contributed by atoms with E-state index in [0.717, 1.165) is 0 Å². The number of hydrogen-bond donors (Lipinski definition) is 2. The lowest BCUT2D eigenvalue weighted by Crippen LogP contribution is -2.39. The second kappa shape index (κ2) is 3.94. The molecular formula is C8H17NO3S. The van der Waals surface area contributed by atoms with Gasteiger partial charge in [-0.1, -0.05) is 0 Å². The summed E-state index contributed by atoms with van der Waals surface area (Å²) in [4.78, 5) is 0. The fourth-order valence-corrected chi connectivity index (χ4v) is 3.24. The summed E-state index contributed by atoms with van der Waals surface area (Å²) in [5.74, 6) is 0.269. The molecule has 5 heteroatoms. The molecule has 0 spiro atoms. The van der Waals surface area contributed by atoms with E-state index in [4.69, 9.17) is 5.11 Å². The molecule has 0 aromatic carbocycles. The summed E-state index contributed by atoms with van der Waals surface area (Å²) in [6, 6.07) is 0.0135. The van der Waals surface area contributed by atoms with Crippen LogP contribution in [0.2, 0.25) is 0 Å². The van der Waals surface area contributed by atoms with Crippen LogP contribution in [0.1, 0.15) is 20.3 Å². The maximum atomic E-state index is 11.3. The van der Waals surface area contributed by atoms with Gasteiger partial charge >= 0.3 is 0 Å². The third-order valence-corrected chi connectivity index (χ3v) is 4.79. The lowest BCUT2D eigenvalue weighted by molar-refractivity contribution is 0.186. The van der Waals surface area contributed by atoms with Gasteiger partial charge < -0.3 is 10.4 Å².